The Hall–Kier alpha value is -4.42. The number of aliphatic hydroxyl groups is 1. The Balaban J connectivity index is 1.57. The van der Waals surface area contributed by atoms with Gasteiger partial charge in [-0.05, 0) is 11.6 Å². The van der Waals surface area contributed by atoms with Crippen molar-refractivity contribution < 1.29 is 57.3 Å². The molecule has 0 aromatic heterocycles. The number of ketones is 1. The Kier molecular flexibility index (Phi) is 8.43. The predicted octanol–water partition coefficient (Wildman–Crippen LogP) is 3.71. The standard InChI is InChI=1S/C31H34O12/c1-35-20-12-21(36-2)29(39-5)24-23(20)26(37-3)17-10-15(43-28(17)30(24)40-6)11-19(32)16-8-14-9-22(31(34)41-7)42-13-18(14)27(38-4)25(16)33/h8,12,19,22,32H,9-11,13H2,1-7H3/p+1. The average Bonchev–Trinajstić information content (AvgIpc) is 3.44. The van der Waals surface area contributed by atoms with E-state index in [0.717, 1.165) is 0 Å². The summed E-state index contributed by atoms with van der Waals surface area (Å²) in [7, 11) is 10.4. The van der Waals surface area contributed by atoms with Gasteiger partial charge >= 0.3 is 17.5 Å². The van der Waals surface area contributed by atoms with Crippen molar-refractivity contribution in [1.82, 2.24) is 0 Å². The zero-order valence-corrected chi connectivity index (χ0v) is 25.1. The van der Waals surface area contributed by atoms with Crippen LogP contribution in [0.4, 0.5) is 0 Å². The summed E-state index contributed by atoms with van der Waals surface area (Å²) < 4.78 is 50.9. The number of hydrogen-bond acceptors (Lipinski definition) is 11. The molecule has 2 heterocycles. The molecule has 0 saturated carbocycles. The molecule has 2 aliphatic heterocycles. The molecular weight excluding hydrogens is 564 g/mol. The van der Waals surface area contributed by atoms with Gasteiger partial charge in [0.2, 0.25) is 5.75 Å². The van der Waals surface area contributed by atoms with E-state index in [2.05, 4.69) is 0 Å². The molecule has 2 N–H and O–H groups in total. The second-order valence-corrected chi connectivity index (χ2v) is 9.99. The number of carbonyl (C=O) groups is 1. The molecule has 2 atom stereocenters. The molecule has 2 unspecified atom stereocenters. The van der Waals surface area contributed by atoms with Crippen LogP contribution in [0.15, 0.2) is 12.1 Å². The lowest BCUT2D eigenvalue weighted by Gasteiger charge is -2.27. The van der Waals surface area contributed by atoms with Crippen LogP contribution >= 0.6 is 0 Å². The number of fused-ring (bicyclic) bond motifs is 3. The van der Waals surface area contributed by atoms with E-state index >= 15 is 0 Å². The summed E-state index contributed by atoms with van der Waals surface area (Å²) in [5.74, 6) is 2.59. The fourth-order valence-electron chi connectivity index (χ4n) is 5.89. The first kappa shape index (κ1) is 30.1. The van der Waals surface area contributed by atoms with E-state index in [-0.39, 0.29) is 36.5 Å². The van der Waals surface area contributed by atoms with E-state index in [1.165, 1.54) is 35.5 Å². The molecule has 0 radical (unpaired) electrons. The lowest BCUT2D eigenvalue weighted by atomic mass is 9.91. The van der Waals surface area contributed by atoms with Crippen LogP contribution in [0.1, 0.15) is 34.8 Å². The maximum Gasteiger partial charge on any atom is 0.402 e. The van der Waals surface area contributed by atoms with Gasteiger partial charge in [0.05, 0.1) is 86.1 Å². The van der Waals surface area contributed by atoms with E-state index in [1.807, 2.05) is 0 Å². The summed E-state index contributed by atoms with van der Waals surface area (Å²) >= 11 is 0. The molecule has 43 heavy (non-hydrogen) atoms. The van der Waals surface area contributed by atoms with Crippen molar-refractivity contribution in [2.45, 2.75) is 38.1 Å². The zero-order valence-electron chi connectivity index (χ0n) is 25.1. The molecule has 12 heteroatoms. The Morgan fingerprint density at radius 3 is 2.16 bits per heavy atom. The van der Waals surface area contributed by atoms with Crippen LogP contribution < -0.4 is 28.4 Å². The first-order valence-corrected chi connectivity index (χ1v) is 13.5. The molecule has 230 valence electrons. The summed E-state index contributed by atoms with van der Waals surface area (Å²) in [5, 5.41) is 23.6. The van der Waals surface area contributed by atoms with Crippen molar-refractivity contribution in [3.8, 4) is 46.0 Å². The fourth-order valence-corrected chi connectivity index (χ4v) is 5.89. The molecule has 5 rings (SSSR count). The number of benzene rings is 3. The molecule has 0 bridgehead atoms. The summed E-state index contributed by atoms with van der Waals surface area (Å²) in [4.78, 5) is 12.1. The van der Waals surface area contributed by atoms with Gasteiger partial charge in [0.1, 0.15) is 17.1 Å². The van der Waals surface area contributed by atoms with Crippen LogP contribution in [-0.2, 0) is 38.1 Å². The van der Waals surface area contributed by atoms with Gasteiger partial charge in [-0.1, -0.05) is 0 Å². The first-order valence-electron chi connectivity index (χ1n) is 13.5. The first-order chi connectivity index (χ1) is 20.8. The molecular formula is C31H35O12+. The van der Waals surface area contributed by atoms with E-state index in [9.17, 15) is 15.0 Å². The smallest absolute Gasteiger partial charge is 0.402 e. The molecule has 0 aliphatic carbocycles. The molecule has 0 spiro atoms. The van der Waals surface area contributed by atoms with Crippen molar-refractivity contribution in [2.75, 3.05) is 49.8 Å². The summed E-state index contributed by atoms with van der Waals surface area (Å²) in [6.07, 6.45) is -1.47. The SMILES string of the molecule is COC(=O)C1Cc2cc(C(O)CC3=[O+]c4c(c(OC)c5c(OC)cc(OC)c(OC)c5c4OC)C3)c(O)c(OC)c2CO1. The van der Waals surface area contributed by atoms with Crippen LogP contribution in [0, 0.1) is 0 Å². The highest BCUT2D eigenvalue weighted by molar-refractivity contribution is 6.08. The number of aromatic hydroxyl groups is 1. The largest absolute Gasteiger partial charge is 0.504 e. The summed E-state index contributed by atoms with van der Waals surface area (Å²) in [5.41, 5.74) is 2.23. The minimum atomic E-state index is -1.18. The van der Waals surface area contributed by atoms with Crippen LogP contribution in [0.3, 0.4) is 0 Å². The second kappa shape index (κ2) is 12.1. The lowest BCUT2D eigenvalue weighted by molar-refractivity contribution is -0.365. The van der Waals surface area contributed by atoms with Gasteiger partial charge in [0.25, 0.3) is 0 Å². The van der Waals surface area contributed by atoms with Crippen molar-refractivity contribution in [1.29, 1.82) is 0 Å². The van der Waals surface area contributed by atoms with Gasteiger partial charge in [0.15, 0.2) is 29.1 Å². The zero-order chi connectivity index (χ0) is 31.0. The van der Waals surface area contributed by atoms with Gasteiger partial charge < -0.3 is 48.1 Å². The van der Waals surface area contributed by atoms with Gasteiger partial charge in [0, 0.05) is 23.6 Å². The Labute approximate surface area is 248 Å². The van der Waals surface area contributed by atoms with Crippen LogP contribution in [-0.4, -0.2) is 77.8 Å². The quantitative estimate of drug-likeness (QED) is 0.260. The molecule has 0 fully saturated rings. The average molecular weight is 600 g/mol. The van der Waals surface area contributed by atoms with Crippen LogP contribution in [0.5, 0.6) is 46.0 Å². The van der Waals surface area contributed by atoms with E-state index in [1.54, 1.807) is 26.4 Å². The van der Waals surface area contributed by atoms with Crippen molar-refractivity contribution in [2.24, 2.45) is 0 Å². The lowest BCUT2D eigenvalue weighted by Crippen LogP contribution is -2.32. The maximum absolute atomic E-state index is 12.1. The number of phenolic OH excluding ortho intramolecular Hbond substituents is 1. The molecule has 0 amide bonds. The molecule has 2 aliphatic rings. The summed E-state index contributed by atoms with van der Waals surface area (Å²) in [6, 6.07) is 3.37. The number of methoxy groups -OCH3 is 7. The molecule has 12 nitrogen and oxygen atoms in total. The van der Waals surface area contributed by atoms with E-state index in [4.69, 9.17) is 42.3 Å². The Morgan fingerprint density at radius 1 is 0.884 bits per heavy atom. The number of hydrogen-bond donors (Lipinski definition) is 2. The minimum Gasteiger partial charge on any atom is -0.504 e. The Bertz CT molecular complexity index is 1610. The van der Waals surface area contributed by atoms with Crippen LogP contribution in [0.25, 0.3) is 10.8 Å². The number of esters is 1. The number of aliphatic hydroxyl groups excluding tert-OH is 1. The van der Waals surface area contributed by atoms with E-state index in [0.29, 0.717) is 74.2 Å². The van der Waals surface area contributed by atoms with Crippen molar-refractivity contribution in [3.63, 3.8) is 0 Å². The Morgan fingerprint density at radius 2 is 1.56 bits per heavy atom. The molecule has 3 aromatic carbocycles. The van der Waals surface area contributed by atoms with Crippen molar-refractivity contribution in [3.05, 3.63) is 34.4 Å². The predicted molar refractivity (Wildman–Crippen MR) is 153 cm³/mol. The van der Waals surface area contributed by atoms with Gasteiger partial charge in [-0.2, -0.15) is 0 Å². The van der Waals surface area contributed by atoms with Crippen molar-refractivity contribution >= 4 is 22.5 Å². The fraction of sp³-hybridized carbons (Fsp3) is 0.419. The monoisotopic (exact) mass is 599 g/mol. The summed E-state index contributed by atoms with van der Waals surface area (Å²) in [6.45, 7) is 0.0445. The highest BCUT2D eigenvalue weighted by Crippen LogP contribution is 2.56. The number of ether oxygens (including phenoxy) is 8. The topological polar surface area (TPSA) is 143 Å². The third-order valence-electron chi connectivity index (χ3n) is 7.85. The van der Waals surface area contributed by atoms with Gasteiger partial charge in [-0.15, -0.1) is 0 Å². The number of rotatable bonds is 10. The maximum atomic E-state index is 12.1. The molecule has 0 saturated heterocycles. The second-order valence-electron chi connectivity index (χ2n) is 9.99. The number of phenols is 1. The third-order valence-corrected chi connectivity index (χ3v) is 7.85. The third kappa shape index (κ3) is 4.90. The highest BCUT2D eigenvalue weighted by Gasteiger charge is 2.42. The van der Waals surface area contributed by atoms with E-state index < -0.39 is 18.2 Å². The molecule has 3 aromatic rings. The van der Waals surface area contributed by atoms with Gasteiger partial charge in [-0.3, -0.25) is 0 Å². The minimum absolute atomic E-state index is 0.0291. The highest BCUT2D eigenvalue weighted by atomic mass is 16.6. The normalized spacial score (nSPS) is 16.1. The van der Waals surface area contributed by atoms with Gasteiger partial charge in [-0.25, -0.2) is 9.22 Å². The number of carbonyl (C=O) groups excluding carboxylic acids is 2. The van der Waals surface area contributed by atoms with Crippen LogP contribution in [0.2, 0.25) is 0 Å².